The fourth-order valence-electron chi connectivity index (χ4n) is 3.41. The molecule has 1 aromatic heterocycles. The van der Waals surface area contributed by atoms with Crippen LogP contribution < -0.4 is 14.4 Å². The highest BCUT2D eigenvalue weighted by atomic mass is 35.5. The minimum atomic E-state index is -0.119. The van der Waals surface area contributed by atoms with Crippen LogP contribution in [0.25, 0.3) is 10.2 Å². The van der Waals surface area contributed by atoms with Crippen molar-refractivity contribution >= 4 is 44.2 Å². The largest absolute Gasteiger partial charge is 0.490 e. The number of likely N-dealkylation sites (N-methyl/N-ethyl adjacent to an activating group) is 1. The molecular weight excluding hydrogens is 446 g/mol. The number of anilines is 1. The number of ether oxygens (including phenoxy) is 2. The number of benzene rings is 2. The number of thiazole rings is 1. The molecule has 0 bridgehead atoms. The maximum atomic E-state index is 13.7. The number of fused-ring (bicyclic) bond motifs is 1. The van der Waals surface area contributed by atoms with Crippen LogP contribution in [0.3, 0.4) is 0 Å². The van der Waals surface area contributed by atoms with Crippen LogP contribution in [0, 0.1) is 0 Å². The molecule has 1 amide bonds. The average Bonchev–Trinajstić information content (AvgIpc) is 3.20. The first-order valence-electron chi connectivity index (χ1n) is 11.0. The monoisotopic (exact) mass is 475 g/mol. The molecule has 0 saturated heterocycles. The molecule has 0 aliphatic heterocycles. The molecule has 8 heteroatoms. The molecule has 2 aromatic carbocycles. The van der Waals surface area contributed by atoms with Crippen molar-refractivity contribution in [3.8, 4) is 11.5 Å². The molecular formula is C24H30ClN3O3S. The Morgan fingerprint density at radius 2 is 1.69 bits per heavy atom. The van der Waals surface area contributed by atoms with E-state index in [4.69, 9.17) is 26.1 Å². The molecule has 0 radical (unpaired) electrons. The third-order valence-corrected chi connectivity index (χ3v) is 6.42. The number of carbonyl (C=O) groups excluding carboxylic acids is 1. The first-order valence-corrected chi connectivity index (χ1v) is 12.2. The second-order valence-corrected chi connectivity index (χ2v) is 8.57. The van der Waals surface area contributed by atoms with Gasteiger partial charge in [0.2, 0.25) is 0 Å². The first-order chi connectivity index (χ1) is 15.5. The van der Waals surface area contributed by atoms with Crippen LogP contribution in [0.5, 0.6) is 11.5 Å². The zero-order valence-electron chi connectivity index (χ0n) is 19.1. The first kappa shape index (κ1) is 24.3. The number of hydrogen-bond acceptors (Lipinski definition) is 6. The molecule has 3 rings (SSSR count). The molecule has 3 aromatic rings. The summed E-state index contributed by atoms with van der Waals surface area (Å²) >= 11 is 7.63. The van der Waals surface area contributed by atoms with Gasteiger partial charge in [-0.25, -0.2) is 4.98 Å². The Morgan fingerprint density at radius 3 is 2.38 bits per heavy atom. The Labute approximate surface area is 198 Å². The van der Waals surface area contributed by atoms with Crippen molar-refractivity contribution in [3.63, 3.8) is 0 Å². The lowest BCUT2D eigenvalue weighted by Gasteiger charge is -2.25. The summed E-state index contributed by atoms with van der Waals surface area (Å²) in [5.74, 6) is 1.08. The Hall–Kier alpha value is -2.35. The summed E-state index contributed by atoms with van der Waals surface area (Å²) in [5.41, 5.74) is 1.37. The molecule has 0 unspecified atom stereocenters. The number of amides is 1. The fourth-order valence-corrected chi connectivity index (χ4v) is 4.67. The smallest absolute Gasteiger partial charge is 0.260 e. The predicted octanol–water partition coefficient (Wildman–Crippen LogP) is 5.74. The number of hydrogen-bond donors (Lipinski definition) is 0. The Balaban J connectivity index is 1.97. The summed E-state index contributed by atoms with van der Waals surface area (Å²) in [4.78, 5) is 22.4. The number of nitrogens with zero attached hydrogens (tertiary/aromatic N) is 3. The van der Waals surface area contributed by atoms with E-state index in [1.807, 2.05) is 32.0 Å². The van der Waals surface area contributed by atoms with Gasteiger partial charge in [0.05, 0.1) is 23.4 Å². The van der Waals surface area contributed by atoms with Gasteiger partial charge in [-0.1, -0.05) is 36.8 Å². The van der Waals surface area contributed by atoms with Crippen molar-refractivity contribution in [1.82, 2.24) is 9.88 Å². The van der Waals surface area contributed by atoms with Gasteiger partial charge in [-0.3, -0.25) is 9.69 Å². The lowest BCUT2D eigenvalue weighted by molar-refractivity contribution is 0.0983. The third kappa shape index (κ3) is 5.71. The van der Waals surface area contributed by atoms with Crippen molar-refractivity contribution in [2.24, 2.45) is 0 Å². The molecule has 0 aliphatic rings. The van der Waals surface area contributed by atoms with Gasteiger partial charge < -0.3 is 14.4 Å². The average molecular weight is 476 g/mol. The summed E-state index contributed by atoms with van der Waals surface area (Å²) in [6.07, 6.45) is 0. The van der Waals surface area contributed by atoms with Crippen molar-refractivity contribution in [2.75, 3.05) is 44.3 Å². The standard InChI is InChI=1S/C24H30ClN3O3S/c1-5-27(6-2)13-14-28(24-26-19-11-10-18(25)16-22(19)32-24)23(29)17-9-12-20(30-7-3)21(15-17)31-8-4/h9-12,15-16H,5-8,13-14H2,1-4H3. The van der Waals surface area contributed by atoms with Crippen LogP contribution in [0.15, 0.2) is 36.4 Å². The molecule has 0 fully saturated rings. The molecule has 0 saturated carbocycles. The summed E-state index contributed by atoms with van der Waals surface area (Å²) in [7, 11) is 0. The summed E-state index contributed by atoms with van der Waals surface area (Å²) < 4.78 is 12.3. The maximum absolute atomic E-state index is 13.7. The maximum Gasteiger partial charge on any atom is 0.260 e. The van der Waals surface area contributed by atoms with Crippen LogP contribution in [0.2, 0.25) is 5.02 Å². The topological polar surface area (TPSA) is 54.9 Å². The second-order valence-electron chi connectivity index (χ2n) is 7.12. The van der Waals surface area contributed by atoms with Crippen LogP contribution in [-0.2, 0) is 0 Å². The normalized spacial score (nSPS) is 11.2. The van der Waals surface area contributed by atoms with E-state index in [1.54, 1.807) is 23.1 Å². The van der Waals surface area contributed by atoms with Crippen LogP contribution in [0.4, 0.5) is 5.13 Å². The van der Waals surface area contributed by atoms with Crippen molar-refractivity contribution < 1.29 is 14.3 Å². The number of aromatic nitrogens is 1. The van der Waals surface area contributed by atoms with Gasteiger partial charge in [-0.05, 0) is 63.3 Å². The van der Waals surface area contributed by atoms with Gasteiger partial charge in [-0.15, -0.1) is 0 Å². The number of halogens is 1. The zero-order chi connectivity index (χ0) is 23.1. The lowest BCUT2D eigenvalue weighted by Crippen LogP contribution is -2.38. The Kier molecular flexibility index (Phi) is 8.73. The SMILES string of the molecule is CCOc1ccc(C(=O)N(CCN(CC)CC)c2nc3ccc(Cl)cc3s2)cc1OCC. The van der Waals surface area contributed by atoms with Gasteiger partial charge in [-0.2, -0.15) is 0 Å². The van der Waals surface area contributed by atoms with Crippen LogP contribution >= 0.6 is 22.9 Å². The minimum absolute atomic E-state index is 0.119. The van der Waals surface area contributed by atoms with Crippen molar-refractivity contribution in [3.05, 3.63) is 47.0 Å². The molecule has 0 spiro atoms. The van der Waals surface area contributed by atoms with Crippen molar-refractivity contribution in [2.45, 2.75) is 27.7 Å². The highest BCUT2D eigenvalue weighted by molar-refractivity contribution is 7.22. The van der Waals surface area contributed by atoms with Gasteiger partial charge in [0, 0.05) is 23.7 Å². The van der Waals surface area contributed by atoms with E-state index in [-0.39, 0.29) is 5.91 Å². The Morgan fingerprint density at radius 1 is 0.969 bits per heavy atom. The Bertz CT molecular complexity index is 1050. The van der Waals surface area contributed by atoms with E-state index in [1.165, 1.54) is 11.3 Å². The summed E-state index contributed by atoms with van der Waals surface area (Å²) in [5, 5.41) is 1.31. The highest BCUT2D eigenvalue weighted by Gasteiger charge is 2.23. The zero-order valence-corrected chi connectivity index (χ0v) is 20.6. The number of carbonyl (C=O) groups is 1. The van der Waals surface area contributed by atoms with Crippen molar-refractivity contribution in [1.29, 1.82) is 0 Å². The third-order valence-electron chi connectivity index (χ3n) is 5.14. The second kappa shape index (κ2) is 11.5. The van der Waals surface area contributed by atoms with Crippen LogP contribution in [-0.4, -0.2) is 55.2 Å². The van der Waals surface area contributed by atoms with Gasteiger partial charge in [0.25, 0.3) is 5.91 Å². The molecule has 6 nitrogen and oxygen atoms in total. The van der Waals surface area contributed by atoms with Gasteiger partial charge in [0.1, 0.15) is 0 Å². The van der Waals surface area contributed by atoms with E-state index >= 15 is 0 Å². The predicted molar refractivity (Wildman–Crippen MR) is 133 cm³/mol. The van der Waals surface area contributed by atoms with Crippen LogP contribution in [0.1, 0.15) is 38.1 Å². The molecule has 0 aliphatic carbocycles. The number of rotatable bonds is 11. The molecule has 1 heterocycles. The van der Waals surface area contributed by atoms with E-state index in [9.17, 15) is 4.79 Å². The summed E-state index contributed by atoms with van der Waals surface area (Å²) in [6, 6.07) is 10.9. The molecule has 0 atom stereocenters. The highest BCUT2D eigenvalue weighted by Crippen LogP contribution is 2.33. The lowest BCUT2D eigenvalue weighted by atomic mass is 10.1. The molecule has 32 heavy (non-hydrogen) atoms. The van der Waals surface area contributed by atoms with Gasteiger partial charge >= 0.3 is 0 Å². The van der Waals surface area contributed by atoms with E-state index < -0.39 is 0 Å². The summed E-state index contributed by atoms with van der Waals surface area (Å²) in [6.45, 7) is 12.2. The molecule has 0 N–H and O–H groups in total. The van der Waals surface area contributed by atoms with E-state index in [0.29, 0.717) is 47.0 Å². The fraction of sp³-hybridized carbons (Fsp3) is 0.417. The molecule has 172 valence electrons. The van der Waals surface area contributed by atoms with E-state index in [2.05, 4.69) is 18.7 Å². The quantitative estimate of drug-likeness (QED) is 0.354. The minimum Gasteiger partial charge on any atom is -0.490 e. The van der Waals surface area contributed by atoms with E-state index in [0.717, 1.165) is 29.9 Å². The van der Waals surface area contributed by atoms with Gasteiger partial charge in [0.15, 0.2) is 16.6 Å².